The minimum absolute atomic E-state index is 0.0223. The molecule has 176 valence electrons. The zero-order valence-corrected chi connectivity index (χ0v) is 18.0. The highest BCUT2D eigenvalue weighted by Crippen LogP contribution is 2.33. The van der Waals surface area contributed by atoms with Gasteiger partial charge in [-0.2, -0.15) is 5.10 Å². The molecule has 0 aromatic heterocycles. The lowest BCUT2D eigenvalue weighted by molar-refractivity contribution is -0.384. The van der Waals surface area contributed by atoms with Crippen molar-refractivity contribution in [3.05, 3.63) is 99.2 Å². The molecule has 0 saturated heterocycles. The van der Waals surface area contributed by atoms with Crippen molar-refractivity contribution >= 4 is 29.8 Å². The van der Waals surface area contributed by atoms with Crippen LogP contribution in [0.15, 0.2) is 77.5 Å². The molecule has 1 aliphatic rings. The van der Waals surface area contributed by atoms with Crippen LogP contribution in [0.3, 0.4) is 0 Å². The second kappa shape index (κ2) is 10.2. The molecule has 0 fully saturated rings. The number of benzene rings is 3. The van der Waals surface area contributed by atoms with Gasteiger partial charge in [-0.3, -0.25) is 19.7 Å². The van der Waals surface area contributed by atoms with Gasteiger partial charge in [0.05, 0.1) is 11.1 Å². The number of nitro groups is 1. The number of phenols is 1. The molecule has 3 aromatic rings. The summed E-state index contributed by atoms with van der Waals surface area (Å²) in [5, 5.41) is 27.2. The predicted octanol–water partition coefficient (Wildman–Crippen LogP) is 2.95. The van der Waals surface area contributed by atoms with Crippen molar-refractivity contribution in [3.63, 3.8) is 0 Å². The molecule has 2 amide bonds. The van der Waals surface area contributed by atoms with Crippen LogP contribution in [0.5, 0.6) is 17.2 Å². The third-order valence-corrected chi connectivity index (χ3v) is 4.83. The first-order valence-electron chi connectivity index (χ1n) is 10.2. The number of aromatic hydroxyl groups is 1. The highest BCUT2D eigenvalue weighted by atomic mass is 16.7. The van der Waals surface area contributed by atoms with Gasteiger partial charge < -0.3 is 19.9 Å². The molecule has 0 atom stereocenters. The highest BCUT2D eigenvalue weighted by molar-refractivity contribution is 6.05. The molecule has 0 aliphatic carbocycles. The van der Waals surface area contributed by atoms with Gasteiger partial charge in [0.2, 0.25) is 6.79 Å². The number of nitrogens with zero attached hydrogens (tertiary/aromatic N) is 2. The smallest absolute Gasteiger partial charge is 0.287 e. The Balaban J connectivity index is 1.57. The topological polar surface area (TPSA) is 152 Å². The fraction of sp³-hybridized carbons (Fsp3) is 0.0417. The maximum Gasteiger partial charge on any atom is 0.287 e. The lowest BCUT2D eigenvalue weighted by Crippen LogP contribution is -2.32. The van der Waals surface area contributed by atoms with Gasteiger partial charge >= 0.3 is 0 Å². The van der Waals surface area contributed by atoms with Crippen molar-refractivity contribution in [1.29, 1.82) is 0 Å². The fourth-order valence-electron chi connectivity index (χ4n) is 3.09. The molecule has 0 radical (unpaired) electrons. The summed E-state index contributed by atoms with van der Waals surface area (Å²) < 4.78 is 10.6. The van der Waals surface area contributed by atoms with Gasteiger partial charge in [-0.25, -0.2) is 5.43 Å². The van der Waals surface area contributed by atoms with Crippen LogP contribution in [0.4, 0.5) is 5.69 Å². The van der Waals surface area contributed by atoms with E-state index in [1.807, 2.05) is 0 Å². The Morgan fingerprint density at radius 3 is 2.57 bits per heavy atom. The number of phenolic OH excluding ortho intramolecular Hbond substituents is 1. The summed E-state index contributed by atoms with van der Waals surface area (Å²) in [7, 11) is 0. The number of hydrazone groups is 1. The SMILES string of the molecule is O=C(N/N=C/c1cc([N+](=O)[O-])ccc1O)/C(=C/c1ccc2c(c1)OCO2)NC(=O)c1ccccc1. The zero-order valence-electron chi connectivity index (χ0n) is 18.0. The van der Waals surface area contributed by atoms with E-state index in [1.165, 1.54) is 6.08 Å². The Morgan fingerprint density at radius 1 is 1.03 bits per heavy atom. The van der Waals surface area contributed by atoms with Crippen LogP contribution in [-0.4, -0.2) is 34.9 Å². The van der Waals surface area contributed by atoms with Gasteiger partial charge in [0.15, 0.2) is 11.5 Å². The second-order valence-corrected chi connectivity index (χ2v) is 7.19. The van der Waals surface area contributed by atoms with Crippen molar-refractivity contribution in [2.45, 2.75) is 0 Å². The molecule has 35 heavy (non-hydrogen) atoms. The molecule has 0 spiro atoms. The molecule has 3 N–H and O–H groups in total. The number of fused-ring (bicyclic) bond motifs is 1. The summed E-state index contributed by atoms with van der Waals surface area (Å²) in [5.74, 6) is -0.502. The van der Waals surface area contributed by atoms with Crippen LogP contribution in [0, 0.1) is 10.1 Å². The van der Waals surface area contributed by atoms with Gasteiger partial charge in [-0.05, 0) is 42.0 Å². The number of nitrogens with one attached hydrogen (secondary N) is 2. The molecule has 0 saturated carbocycles. The number of non-ortho nitro benzene ring substituents is 1. The zero-order chi connectivity index (χ0) is 24.8. The van der Waals surface area contributed by atoms with E-state index in [0.29, 0.717) is 22.6 Å². The van der Waals surface area contributed by atoms with Crippen molar-refractivity contribution in [3.8, 4) is 17.2 Å². The van der Waals surface area contributed by atoms with E-state index >= 15 is 0 Å². The maximum absolute atomic E-state index is 12.9. The summed E-state index contributed by atoms with van der Waals surface area (Å²) >= 11 is 0. The van der Waals surface area contributed by atoms with E-state index in [-0.39, 0.29) is 29.5 Å². The standard InChI is InChI=1S/C24H18N4O7/c29-20-8-7-18(28(32)33)12-17(20)13-25-27-24(31)19(26-23(30)16-4-2-1-3-5-16)10-15-6-9-21-22(11-15)35-14-34-21/h1-13,29H,14H2,(H,26,30)(H,27,31)/b19-10-,25-13+. The van der Waals surface area contributed by atoms with E-state index < -0.39 is 16.7 Å². The summed E-state index contributed by atoms with van der Waals surface area (Å²) in [6.45, 7) is 0.0831. The average Bonchev–Trinajstić information content (AvgIpc) is 3.33. The Kier molecular flexibility index (Phi) is 6.68. The number of amides is 2. The molecule has 3 aromatic carbocycles. The summed E-state index contributed by atoms with van der Waals surface area (Å²) in [5.41, 5.74) is 2.77. The number of carbonyl (C=O) groups is 2. The first-order valence-corrected chi connectivity index (χ1v) is 10.2. The van der Waals surface area contributed by atoms with E-state index in [2.05, 4.69) is 15.8 Å². The number of carbonyl (C=O) groups excluding carboxylic acids is 2. The molecule has 1 aliphatic heterocycles. The van der Waals surface area contributed by atoms with Gasteiger partial charge in [0.25, 0.3) is 17.5 Å². The minimum atomic E-state index is -0.770. The molecule has 4 rings (SSSR count). The van der Waals surface area contributed by atoms with Crippen LogP contribution >= 0.6 is 0 Å². The maximum atomic E-state index is 12.9. The quantitative estimate of drug-likeness (QED) is 0.206. The first kappa shape index (κ1) is 23.0. The van der Waals surface area contributed by atoms with Crippen LogP contribution < -0.4 is 20.2 Å². The van der Waals surface area contributed by atoms with Crippen LogP contribution in [0.25, 0.3) is 6.08 Å². The van der Waals surface area contributed by atoms with Gasteiger partial charge in [-0.15, -0.1) is 0 Å². The lowest BCUT2D eigenvalue weighted by Gasteiger charge is -2.09. The Hall–Kier alpha value is -5.19. The Labute approximate surface area is 198 Å². The molecule has 0 unspecified atom stereocenters. The Bertz CT molecular complexity index is 1350. The van der Waals surface area contributed by atoms with Gasteiger partial charge in [0, 0.05) is 23.3 Å². The third-order valence-electron chi connectivity index (χ3n) is 4.83. The van der Waals surface area contributed by atoms with Gasteiger partial charge in [-0.1, -0.05) is 24.3 Å². The first-order chi connectivity index (χ1) is 16.9. The number of ether oxygens (including phenoxy) is 2. The normalized spacial score (nSPS) is 12.4. The van der Waals surface area contributed by atoms with Crippen LogP contribution in [-0.2, 0) is 4.79 Å². The number of rotatable bonds is 7. The highest BCUT2D eigenvalue weighted by Gasteiger charge is 2.17. The number of nitro benzene ring substituents is 1. The van der Waals surface area contributed by atoms with Crippen molar-refractivity contribution in [2.24, 2.45) is 5.10 Å². The lowest BCUT2D eigenvalue weighted by atomic mass is 10.1. The fourth-order valence-corrected chi connectivity index (χ4v) is 3.09. The molecular weight excluding hydrogens is 456 g/mol. The third kappa shape index (κ3) is 5.60. The second-order valence-electron chi connectivity index (χ2n) is 7.19. The van der Waals surface area contributed by atoms with Crippen molar-refractivity contribution in [2.75, 3.05) is 6.79 Å². The van der Waals surface area contributed by atoms with Gasteiger partial charge in [0.1, 0.15) is 11.4 Å². The summed E-state index contributed by atoms with van der Waals surface area (Å²) in [4.78, 5) is 35.9. The molecule has 1 heterocycles. The summed E-state index contributed by atoms with van der Waals surface area (Å²) in [6.07, 6.45) is 2.48. The minimum Gasteiger partial charge on any atom is -0.507 e. The van der Waals surface area contributed by atoms with E-state index in [9.17, 15) is 24.8 Å². The van der Waals surface area contributed by atoms with Crippen molar-refractivity contribution < 1.29 is 29.1 Å². The van der Waals surface area contributed by atoms with E-state index in [1.54, 1.807) is 48.5 Å². The van der Waals surface area contributed by atoms with Crippen molar-refractivity contribution in [1.82, 2.24) is 10.7 Å². The molecular formula is C24H18N4O7. The van der Waals surface area contributed by atoms with E-state index in [4.69, 9.17) is 9.47 Å². The molecule has 0 bridgehead atoms. The number of hydrogen-bond donors (Lipinski definition) is 3. The average molecular weight is 474 g/mol. The summed E-state index contributed by atoms with van der Waals surface area (Å²) in [6, 6.07) is 16.7. The van der Waals surface area contributed by atoms with E-state index in [0.717, 1.165) is 24.4 Å². The number of hydrogen-bond acceptors (Lipinski definition) is 8. The van der Waals surface area contributed by atoms with Crippen LogP contribution in [0.1, 0.15) is 21.5 Å². The largest absolute Gasteiger partial charge is 0.507 e. The molecule has 11 nitrogen and oxygen atoms in total. The van der Waals surface area contributed by atoms with Crippen LogP contribution in [0.2, 0.25) is 0 Å². The molecule has 11 heteroatoms. The Morgan fingerprint density at radius 2 is 1.80 bits per heavy atom. The predicted molar refractivity (Wildman–Crippen MR) is 125 cm³/mol. The monoisotopic (exact) mass is 474 g/mol.